The van der Waals surface area contributed by atoms with E-state index in [2.05, 4.69) is 18.7 Å². The Kier molecular flexibility index (Phi) is 2.89. The molecule has 0 bridgehead atoms. The summed E-state index contributed by atoms with van der Waals surface area (Å²) in [6.45, 7) is 8.17. The largest absolute Gasteiger partial charge is 0.372 e. The van der Waals surface area contributed by atoms with E-state index < -0.39 is 0 Å². The maximum absolute atomic E-state index is 5.30. The van der Waals surface area contributed by atoms with Gasteiger partial charge in [-0.2, -0.15) is 0 Å². The Morgan fingerprint density at radius 1 is 1.38 bits per heavy atom. The van der Waals surface area contributed by atoms with Crippen molar-refractivity contribution in [2.24, 2.45) is 5.92 Å². The first-order valence-electron chi connectivity index (χ1n) is 5.63. The third-order valence-corrected chi connectivity index (χ3v) is 3.27. The Bertz CT molecular complexity index is 165. The molecule has 0 aromatic carbocycles. The summed E-state index contributed by atoms with van der Waals surface area (Å²) in [6.07, 6.45) is 4.77. The molecule has 2 rings (SSSR count). The fraction of sp³-hybridized carbons (Fsp3) is 1.00. The van der Waals surface area contributed by atoms with Crippen LogP contribution in [0.4, 0.5) is 0 Å². The van der Waals surface area contributed by atoms with Crippen molar-refractivity contribution in [3.8, 4) is 0 Å². The second kappa shape index (κ2) is 3.97. The number of ether oxygens (including phenoxy) is 1. The fourth-order valence-corrected chi connectivity index (χ4v) is 2.43. The predicted molar refractivity (Wildman–Crippen MR) is 53.8 cm³/mol. The molecule has 2 fully saturated rings. The van der Waals surface area contributed by atoms with Crippen LogP contribution in [-0.2, 0) is 4.74 Å². The van der Waals surface area contributed by atoms with Crippen LogP contribution in [0.3, 0.4) is 0 Å². The van der Waals surface area contributed by atoms with E-state index >= 15 is 0 Å². The van der Waals surface area contributed by atoms with E-state index in [0.717, 1.165) is 18.6 Å². The minimum Gasteiger partial charge on any atom is -0.372 e. The second-order valence-corrected chi connectivity index (χ2v) is 4.76. The summed E-state index contributed by atoms with van der Waals surface area (Å²) >= 11 is 0. The number of rotatable bonds is 3. The van der Waals surface area contributed by atoms with E-state index in [-0.39, 0.29) is 0 Å². The van der Waals surface area contributed by atoms with Gasteiger partial charge in [-0.15, -0.1) is 0 Å². The molecule has 0 amide bonds. The van der Waals surface area contributed by atoms with Crippen molar-refractivity contribution >= 4 is 0 Å². The van der Waals surface area contributed by atoms with Crippen molar-refractivity contribution in [2.75, 3.05) is 19.7 Å². The number of nitrogens with zero attached hydrogens (tertiary/aromatic N) is 1. The van der Waals surface area contributed by atoms with Gasteiger partial charge in [-0.25, -0.2) is 0 Å². The highest BCUT2D eigenvalue weighted by atomic mass is 16.6. The van der Waals surface area contributed by atoms with E-state index in [1.54, 1.807) is 0 Å². The van der Waals surface area contributed by atoms with Crippen LogP contribution in [0.2, 0.25) is 0 Å². The third-order valence-electron chi connectivity index (χ3n) is 3.27. The lowest BCUT2D eigenvalue weighted by atomic mass is 9.93. The van der Waals surface area contributed by atoms with Gasteiger partial charge in [0.25, 0.3) is 0 Å². The number of piperidine rings is 1. The van der Waals surface area contributed by atoms with Gasteiger partial charge in [0.15, 0.2) is 0 Å². The van der Waals surface area contributed by atoms with Crippen LogP contribution in [0.1, 0.15) is 33.1 Å². The lowest BCUT2D eigenvalue weighted by molar-refractivity contribution is 0.103. The molecule has 2 saturated heterocycles. The highest BCUT2D eigenvalue weighted by Gasteiger charge is 2.31. The maximum Gasteiger partial charge on any atom is 0.0936 e. The van der Waals surface area contributed by atoms with Crippen LogP contribution in [0.15, 0.2) is 0 Å². The summed E-state index contributed by atoms with van der Waals surface area (Å²) in [5.74, 6) is 0.805. The lowest BCUT2D eigenvalue weighted by Crippen LogP contribution is -2.44. The predicted octanol–water partition coefficient (Wildman–Crippen LogP) is 1.90. The van der Waals surface area contributed by atoms with Gasteiger partial charge in [-0.3, -0.25) is 4.90 Å². The van der Waals surface area contributed by atoms with Gasteiger partial charge in [0.2, 0.25) is 0 Å². The zero-order valence-corrected chi connectivity index (χ0v) is 8.83. The van der Waals surface area contributed by atoms with E-state index in [0.29, 0.717) is 6.10 Å². The summed E-state index contributed by atoms with van der Waals surface area (Å²) in [7, 11) is 0. The Labute approximate surface area is 81.3 Å². The summed E-state index contributed by atoms with van der Waals surface area (Å²) in [6, 6.07) is 0.818. The molecule has 2 heteroatoms. The van der Waals surface area contributed by atoms with Crippen LogP contribution < -0.4 is 0 Å². The Morgan fingerprint density at radius 3 is 2.77 bits per heavy atom. The molecule has 0 saturated carbocycles. The van der Waals surface area contributed by atoms with Crippen LogP contribution in [0.25, 0.3) is 0 Å². The van der Waals surface area contributed by atoms with E-state index in [1.165, 1.54) is 32.4 Å². The molecule has 0 spiro atoms. The highest BCUT2D eigenvalue weighted by molar-refractivity contribution is 4.84. The fourth-order valence-electron chi connectivity index (χ4n) is 2.43. The normalized spacial score (nSPS) is 35.3. The Morgan fingerprint density at radius 2 is 2.15 bits per heavy atom. The lowest BCUT2D eigenvalue weighted by Gasteiger charge is -2.37. The Hall–Kier alpha value is -0.0800. The van der Waals surface area contributed by atoms with E-state index in [1.807, 2.05) is 0 Å². The van der Waals surface area contributed by atoms with Gasteiger partial charge >= 0.3 is 0 Å². The third kappa shape index (κ3) is 2.44. The molecular formula is C11H21NO. The average molecular weight is 183 g/mol. The maximum atomic E-state index is 5.30. The number of hydrogen-bond acceptors (Lipinski definition) is 2. The smallest absolute Gasteiger partial charge is 0.0936 e. The molecule has 2 aliphatic rings. The Balaban J connectivity index is 1.87. The molecule has 0 N–H and O–H groups in total. The van der Waals surface area contributed by atoms with Crippen molar-refractivity contribution in [1.29, 1.82) is 0 Å². The van der Waals surface area contributed by atoms with Crippen LogP contribution in [0, 0.1) is 5.92 Å². The SMILES string of the molecule is CC(C)[C@H]1CCCCN1C[C@H]1CO1. The summed E-state index contributed by atoms with van der Waals surface area (Å²) < 4.78 is 5.30. The van der Waals surface area contributed by atoms with Gasteiger partial charge < -0.3 is 4.74 Å². The van der Waals surface area contributed by atoms with Gasteiger partial charge in [-0.05, 0) is 25.3 Å². The van der Waals surface area contributed by atoms with E-state index in [4.69, 9.17) is 4.74 Å². The molecular weight excluding hydrogens is 162 g/mol. The first-order valence-corrected chi connectivity index (χ1v) is 5.63. The summed E-state index contributed by atoms with van der Waals surface area (Å²) in [5.41, 5.74) is 0. The first kappa shape index (κ1) is 9.47. The standard InChI is InChI=1S/C11H21NO/c1-9(2)11-5-3-4-6-12(11)7-10-8-13-10/h9-11H,3-8H2,1-2H3/t10-,11+/m0/s1. The second-order valence-electron chi connectivity index (χ2n) is 4.76. The quantitative estimate of drug-likeness (QED) is 0.621. The van der Waals surface area contributed by atoms with Gasteiger partial charge in [-0.1, -0.05) is 20.3 Å². The minimum absolute atomic E-state index is 0.569. The topological polar surface area (TPSA) is 15.8 Å². The molecule has 13 heavy (non-hydrogen) atoms. The van der Waals surface area contributed by atoms with Crippen molar-refractivity contribution in [2.45, 2.75) is 45.3 Å². The number of likely N-dealkylation sites (tertiary alicyclic amines) is 1. The molecule has 0 unspecified atom stereocenters. The summed E-state index contributed by atoms with van der Waals surface area (Å²) in [4.78, 5) is 2.64. The number of hydrogen-bond donors (Lipinski definition) is 0. The van der Waals surface area contributed by atoms with Crippen LogP contribution >= 0.6 is 0 Å². The summed E-state index contributed by atoms with van der Waals surface area (Å²) in [5, 5.41) is 0. The van der Waals surface area contributed by atoms with Crippen molar-refractivity contribution in [3.05, 3.63) is 0 Å². The zero-order chi connectivity index (χ0) is 9.26. The zero-order valence-electron chi connectivity index (χ0n) is 8.83. The van der Waals surface area contributed by atoms with Crippen molar-refractivity contribution in [3.63, 3.8) is 0 Å². The highest BCUT2D eigenvalue weighted by Crippen LogP contribution is 2.25. The molecule has 0 aliphatic carbocycles. The van der Waals surface area contributed by atoms with Gasteiger partial charge in [0.05, 0.1) is 12.7 Å². The van der Waals surface area contributed by atoms with Gasteiger partial charge in [0.1, 0.15) is 0 Å². The van der Waals surface area contributed by atoms with E-state index in [9.17, 15) is 0 Å². The molecule has 0 aromatic heterocycles. The first-order chi connectivity index (χ1) is 6.27. The van der Waals surface area contributed by atoms with Crippen molar-refractivity contribution in [1.82, 2.24) is 4.90 Å². The molecule has 2 heterocycles. The molecule has 0 aromatic rings. The average Bonchev–Trinajstić information content (AvgIpc) is 2.89. The monoisotopic (exact) mass is 183 g/mol. The molecule has 2 aliphatic heterocycles. The molecule has 0 radical (unpaired) electrons. The molecule has 2 nitrogen and oxygen atoms in total. The van der Waals surface area contributed by atoms with Crippen LogP contribution in [0.5, 0.6) is 0 Å². The molecule has 2 atom stereocenters. The van der Waals surface area contributed by atoms with Crippen LogP contribution in [-0.4, -0.2) is 36.7 Å². The van der Waals surface area contributed by atoms with Crippen molar-refractivity contribution < 1.29 is 4.74 Å². The van der Waals surface area contributed by atoms with Gasteiger partial charge in [0, 0.05) is 12.6 Å². The number of epoxide rings is 1. The molecule has 76 valence electrons. The minimum atomic E-state index is 0.569.